The van der Waals surface area contributed by atoms with Crippen LogP contribution in [0.3, 0.4) is 0 Å². The lowest BCUT2D eigenvalue weighted by Crippen LogP contribution is -2.19. The summed E-state index contributed by atoms with van der Waals surface area (Å²) in [4.78, 5) is 4.08. The van der Waals surface area contributed by atoms with Crippen molar-refractivity contribution in [2.75, 3.05) is 10.6 Å². The lowest BCUT2D eigenvalue weighted by molar-refractivity contribution is 0.619. The van der Waals surface area contributed by atoms with E-state index >= 15 is 0 Å². The Hall–Kier alpha value is -2.01. The second-order valence-electron chi connectivity index (χ2n) is 3.76. The number of halogens is 1. The van der Waals surface area contributed by atoms with Gasteiger partial charge in [-0.15, -0.1) is 0 Å². The minimum atomic E-state index is -0.263. The lowest BCUT2D eigenvalue weighted by Gasteiger charge is -2.10. The zero-order valence-electron chi connectivity index (χ0n) is 9.77. The van der Waals surface area contributed by atoms with Crippen LogP contribution in [0.15, 0.2) is 42.6 Å². The van der Waals surface area contributed by atoms with Gasteiger partial charge in [-0.25, -0.2) is 9.37 Å². The van der Waals surface area contributed by atoms with Crippen LogP contribution in [-0.4, -0.2) is 10.1 Å². The van der Waals surface area contributed by atoms with E-state index in [0.717, 1.165) is 0 Å². The Bertz CT molecular complexity index is 557. The van der Waals surface area contributed by atoms with E-state index in [-0.39, 0.29) is 5.82 Å². The summed E-state index contributed by atoms with van der Waals surface area (Å²) in [5.74, 6) is 0.378. The highest BCUT2D eigenvalue weighted by molar-refractivity contribution is 7.80. The molecule has 0 aliphatic rings. The number of aromatic nitrogens is 1. The molecule has 1 aromatic carbocycles. The van der Waals surface area contributed by atoms with E-state index in [1.165, 1.54) is 6.07 Å². The molecule has 1 heterocycles. The summed E-state index contributed by atoms with van der Waals surface area (Å²) in [6, 6.07) is 10.3. The molecule has 0 spiro atoms. The number of benzene rings is 1. The molecule has 2 aromatic rings. The summed E-state index contributed by atoms with van der Waals surface area (Å²) in [7, 11) is 0. The molecule has 0 fully saturated rings. The standard InChI is InChI=1S/C13H12FN3S/c1-9-5-6-10(8-11(9)14)16-13(18)17-12-4-2-3-7-15-12/h2-8H,1H3,(H2,15,16,17,18). The summed E-state index contributed by atoms with van der Waals surface area (Å²) in [6.45, 7) is 1.71. The molecule has 92 valence electrons. The van der Waals surface area contributed by atoms with Gasteiger partial charge in [-0.05, 0) is 49.0 Å². The molecule has 3 nitrogen and oxygen atoms in total. The van der Waals surface area contributed by atoms with Crippen LogP contribution in [0.25, 0.3) is 0 Å². The van der Waals surface area contributed by atoms with Crippen molar-refractivity contribution in [2.24, 2.45) is 0 Å². The zero-order chi connectivity index (χ0) is 13.0. The maximum atomic E-state index is 13.3. The van der Waals surface area contributed by atoms with Crippen molar-refractivity contribution in [2.45, 2.75) is 6.92 Å². The summed E-state index contributed by atoms with van der Waals surface area (Å²) in [5, 5.41) is 6.18. The van der Waals surface area contributed by atoms with Crippen molar-refractivity contribution < 1.29 is 4.39 Å². The number of hydrogen-bond acceptors (Lipinski definition) is 2. The summed E-state index contributed by atoms with van der Waals surface area (Å²) in [6.07, 6.45) is 1.66. The van der Waals surface area contributed by atoms with Gasteiger partial charge >= 0.3 is 0 Å². The number of anilines is 2. The Balaban J connectivity index is 2.01. The van der Waals surface area contributed by atoms with E-state index in [2.05, 4.69) is 15.6 Å². The van der Waals surface area contributed by atoms with Crippen molar-refractivity contribution in [3.8, 4) is 0 Å². The number of pyridine rings is 1. The maximum absolute atomic E-state index is 13.3. The summed E-state index contributed by atoms with van der Waals surface area (Å²) < 4.78 is 13.3. The molecule has 0 unspecified atom stereocenters. The van der Waals surface area contributed by atoms with E-state index in [1.807, 2.05) is 12.1 Å². The first-order valence-corrected chi connectivity index (χ1v) is 5.81. The lowest BCUT2D eigenvalue weighted by atomic mass is 10.2. The number of nitrogens with zero attached hydrogens (tertiary/aromatic N) is 1. The molecule has 1 aromatic heterocycles. The first kappa shape index (κ1) is 12.4. The first-order chi connectivity index (χ1) is 8.65. The molecule has 0 aliphatic heterocycles. The maximum Gasteiger partial charge on any atom is 0.176 e. The Morgan fingerprint density at radius 3 is 2.72 bits per heavy atom. The summed E-state index contributed by atoms with van der Waals surface area (Å²) >= 11 is 5.11. The topological polar surface area (TPSA) is 37.0 Å². The molecular formula is C13H12FN3S. The van der Waals surface area contributed by atoms with Crippen molar-refractivity contribution in [1.82, 2.24) is 4.98 Å². The van der Waals surface area contributed by atoms with Crippen LogP contribution in [0.4, 0.5) is 15.9 Å². The van der Waals surface area contributed by atoms with Crippen LogP contribution < -0.4 is 10.6 Å². The normalized spacial score (nSPS) is 9.89. The predicted octanol–water partition coefficient (Wildman–Crippen LogP) is 3.34. The summed E-state index contributed by atoms with van der Waals surface area (Å²) in [5.41, 5.74) is 1.20. The molecule has 2 N–H and O–H groups in total. The van der Waals surface area contributed by atoms with Crippen LogP contribution in [0.5, 0.6) is 0 Å². The van der Waals surface area contributed by atoms with Crippen LogP contribution in [-0.2, 0) is 0 Å². The Labute approximate surface area is 110 Å². The second kappa shape index (κ2) is 5.55. The monoisotopic (exact) mass is 261 g/mol. The van der Waals surface area contributed by atoms with Gasteiger partial charge in [0, 0.05) is 11.9 Å². The Morgan fingerprint density at radius 1 is 1.22 bits per heavy atom. The first-order valence-electron chi connectivity index (χ1n) is 5.40. The van der Waals surface area contributed by atoms with Crippen molar-refractivity contribution >= 4 is 28.8 Å². The van der Waals surface area contributed by atoms with Gasteiger partial charge in [0.15, 0.2) is 5.11 Å². The fourth-order valence-electron chi connectivity index (χ4n) is 1.39. The second-order valence-corrected chi connectivity index (χ2v) is 4.17. The highest BCUT2D eigenvalue weighted by Crippen LogP contribution is 2.13. The molecular weight excluding hydrogens is 249 g/mol. The fraction of sp³-hybridized carbons (Fsp3) is 0.0769. The largest absolute Gasteiger partial charge is 0.332 e. The SMILES string of the molecule is Cc1ccc(NC(=S)Nc2ccccn2)cc1F. The molecule has 0 bridgehead atoms. The van der Waals surface area contributed by atoms with Gasteiger partial charge in [0.05, 0.1) is 0 Å². The van der Waals surface area contributed by atoms with Gasteiger partial charge in [-0.1, -0.05) is 12.1 Å². The fourth-order valence-corrected chi connectivity index (χ4v) is 1.61. The molecule has 0 radical (unpaired) electrons. The van der Waals surface area contributed by atoms with Crippen molar-refractivity contribution in [3.05, 3.63) is 54.0 Å². The van der Waals surface area contributed by atoms with Crippen molar-refractivity contribution in [1.29, 1.82) is 0 Å². The predicted molar refractivity (Wildman–Crippen MR) is 75.2 cm³/mol. The third kappa shape index (κ3) is 3.24. The van der Waals surface area contributed by atoms with E-state index < -0.39 is 0 Å². The number of thiocarbonyl (C=S) groups is 1. The molecule has 0 aliphatic carbocycles. The van der Waals surface area contributed by atoms with Crippen LogP contribution >= 0.6 is 12.2 Å². The molecule has 0 saturated carbocycles. The van der Waals surface area contributed by atoms with E-state index in [0.29, 0.717) is 22.2 Å². The molecule has 2 rings (SSSR count). The Morgan fingerprint density at radius 2 is 2.06 bits per heavy atom. The van der Waals surface area contributed by atoms with E-state index in [1.54, 1.807) is 31.3 Å². The molecule has 0 amide bonds. The number of nitrogens with one attached hydrogen (secondary N) is 2. The molecule has 0 atom stereocenters. The van der Waals surface area contributed by atoms with Crippen LogP contribution in [0, 0.1) is 12.7 Å². The van der Waals surface area contributed by atoms with Crippen molar-refractivity contribution in [3.63, 3.8) is 0 Å². The van der Waals surface area contributed by atoms with E-state index in [9.17, 15) is 4.39 Å². The smallest absolute Gasteiger partial charge is 0.176 e. The molecule has 5 heteroatoms. The Kier molecular flexibility index (Phi) is 3.84. The zero-order valence-corrected chi connectivity index (χ0v) is 10.6. The molecule has 0 saturated heterocycles. The highest BCUT2D eigenvalue weighted by Gasteiger charge is 2.02. The quantitative estimate of drug-likeness (QED) is 0.813. The third-order valence-electron chi connectivity index (χ3n) is 2.34. The van der Waals surface area contributed by atoms with Gasteiger partial charge in [0.1, 0.15) is 11.6 Å². The molecule has 18 heavy (non-hydrogen) atoms. The minimum absolute atomic E-state index is 0.263. The number of hydrogen-bond donors (Lipinski definition) is 2. The average Bonchev–Trinajstić information content (AvgIpc) is 2.35. The number of rotatable bonds is 2. The number of aryl methyl sites for hydroxylation is 1. The van der Waals surface area contributed by atoms with Crippen LogP contribution in [0.1, 0.15) is 5.56 Å². The van der Waals surface area contributed by atoms with Gasteiger partial charge in [0.2, 0.25) is 0 Å². The van der Waals surface area contributed by atoms with Gasteiger partial charge in [-0.2, -0.15) is 0 Å². The highest BCUT2D eigenvalue weighted by atomic mass is 32.1. The van der Waals surface area contributed by atoms with Gasteiger partial charge < -0.3 is 10.6 Å². The third-order valence-corrected chi connectivity index (χ3v) is 2.54. The van der Waals surface area contributed by atoms with Gasteiger partial charge in [0.25, 0.3) is 0 Å². The van der Waals surface area contributed by atoms with Crippen LogP contribution in [0.2, 0.25) is 0 Å². The van der Waals surface area contributed by atoms with E-state index in [4.69, 9.17) is 12.2 Å². The van der Waals surface area contributed by atoms with Gasteiger partial charge in [-0.3, -0.25) is 0 Å². The minimum Gasteiger partial charge on any atom is -0.332 e. The average molecular weight is 261 g/mol.